The van der Waals surface area contributed by atoms with Gasteiger partial charge in [0.05, 0.1) is 5.92 Å². The Morgan fingerprint density at radius 1 is 1.41 bits per heavy atom. The fourth-order valence-electron chi connectivity index (χ4n) is 2.80. The molecule has 1 aliphatic heterocycles. The van der Waals surface area contributed by atoms with Gasteiger partial charge in [-0.15, -0.1) is 0 Å². The van der Waals surface area contributed by atoms with Gasteiger partial charge in [-0.05, 0) is 38.8 Å². The van der Waals surface area contributed by atoms with Gasteiger partial charge >= 0.3 is 5.97 Å². The zero-order chi connectivity index (χ0) is 16.3. The van der Waals surface area contributed by atoms with E-state index in [4.69, 9.17) is 4.74 Å². The smallest absolute Gasteiger partial charge is 0.308 e. The SMILES string of the molecule is CC(Oc1ccccc1F)C(=O)N1CCC[C@H](C(=O)O)[C@@H]1C. The highest BCUT2D eigenvalue weighted by Crippen LogP contribution is 2.25. The van der Waals surface area contributed by atoms with Gasteiger partial charge < -0.3 is 14.7 Å². The molecule has 1 heterocycles. The first kappa shape index (κ1) is 16.3. The number of hydrogen-bond donors (Lipinski definition) is 1. The first-order chi connectivity index (χ1) is 10.4. The second-order valence-corrected chi connectivity index (χ2v) is 5.55. The average molecular weight is 309 g/mol. The summed E-state index contributed by atoms with van der Waals surface area (Å²) in [6.45, 7) is 3.77. The Hall–Kier alpha value is -2.11. The molecule has 0 aromatic heterocycles. The molecule has 1 N–H and O–H groups in total. The highest BCUT2D eigenvalue weighted by atomic mass is 19.1. The number of rotatable bonds is 4. The van der Waals surface area contributed by atoms with Crippen LogP contribution in [-0.4, -0.2) is 40.6 Å². The third-order valence-corrected chi connectivity index (χ3v) is 4.08. The van der Waals surface area contributed by atoms with Crippen molar-refractivity contribution >= 4 is 11.9 Å². The molecule has 0 spiro atoms. The highest BCUT2D eigenvalue weighted by molar-refractivity contribution is 5.82. The van der Waals surface area contributed by atoms with Gasteiger partial charge in [-0.3, -0.25) is 9.59 Å². The molecule has 1 fully saturated rings. The lowest BCUT2D eigenvalue weighted by Gasteiger charge is -2.38. The van der Waals surface area contributed by atoms with Gasteiger partial charge in [0.1, 0.15) is 0 Å². The van der Waals surface area contributed by atoms with Crippen molar-refractivity contribution in [3.05, 3.63) is 30.1 Å². The molecule has 6 heteroatoms. The van der Waals surface area contributed by atoms with Gasteiger partial charge in [0, 0.05) is 12.6 Å². The summed E-state index contributed by atoms with van der Waals surface area (Å²) in [6.07, 6.45) is 0.328. The van der Waals surface area contributed by atoms with E-state index in [1.165, 1.54) is 17.0 Å². The molecular weight excluding hydrogens is 289 g/mol. The summed E-state index contributed by atoms with van der Waals surface area (Å²) >= 11 is 0. The van der Waals surface area contributed by atoms with E-state index in [2.05, 4.69) is 0 Å². The summed E-state index contributed by atoms with van der Waals surface area (Å²) in [4.78, 5) is 25.2. The van der Waals surface area contributed by atoms with E-state index in [1.807, 2.05) is 0 Å². The number of carboxylic acid groups (broad SMARTS) is 1. The predicted octanol–water partition coefficient (Wildman–Crippen LogP) is 2.30. The molecular formula is C16H20FNO4. The summed E-state index contributed by atoms with van der Waals surface area (Å²) in [5, 5.41) is 9.20. The minimum atomic E-state index is -0.896. The van der Waals surface area contributed by atoms with Gasteiger partial charge in [-0.2, -0.15) is 0 Å². The molecule has 1 unspecified atom stereocenters. The number of carbonyl (C=O) groups excluding carboxylic acids is 1. The number of para-hydroxylation sites is 1. The van der Waals surface area contributed by atoms with Gasteiger partial charge in [0.2, 0.25) is 0 Å². The number of nitrogens with zero attached hydrogens (tertiary/aromatic N) is 1. The van der Waals surface area contributed by atoms with Crippen molar-refractivity contribution < 1.29 is 23.8 Å². The number of piperidine rings is 1. The van der Waals surface area contributed by atoms with Gasteiger partial charge in [0.15, 0.2) is 17.7 Å². The third kappa shape index (κ3) is 3.37. The van der Waals surface area contributed by atoms with Crippen LogP contribution in [0.5, 0.6) is 5.75 Å². The first-order valence-corrected chi connectivity index (χ1v) is 7.36. The van der Waals surface area contributed by atoms with Crippen molar-refractivity contribution in [1.82, 2.24) is 4.90 Å². The predicted molar refractivity (Wildman–Crippen MR) is 78.0 cm³/mol. The molecule has 1 aliphatic rings. The Balaban J connectivity index is 2.07. The van der Waals surface area contributed by atoms with Crippen molar-refractivity contribution in [1.29, 1.82) is 0 Å². The van der Waals surface area contributed by atoms with Crippen LogP contribution in [0.2, 0.25) is 0 Å². The number of amides is 1. The maximum atomic E-state index is 13.6. The van der Waals surface area contributed by atoms with Gasteiger partial charge in [0.25, 0.3) is 5.91 Å². The number of aliphatic carboxylic acids is 1. The van der Waals surface area contributed by atoms with Gasteiger partial charge in [-0.25, -0.2) is 4.39 Å². The van der Waals surface area contributed by atoms with Crippen LogP contribution < -0.4 is 4.74 Å². The molecule has 3 atom stereocenters. The zero-order valence-electron chi connectivity index (χ0n) is 12.7. The summed E-state index contributed by atoms with van der Waals surface area (Å²) in [6, 6.07) is 5.48. The van der Waals surface area contributed by atoms with Crippen LogP contribution in [0.15, 0.2) is 24.3 Å². The summed E-state index contributed by atoms with van der Waals surface area (Å²) in [5.41, 5.74) is 0. The molecule has 120 valence electrons. The molecule has 0 aliphatic carbocycles. The largest absolute Gasteiger partial charge is 0.481 e. The minimum absolute atomic E-state index is 0.0165. The third-order valence-electron chi connectivity index (χ3n) is 4.08. The number of carboxylic acids is 1. The Labute approximate surface area is 128 Å². The van der Waals surface area contributed by atoms with E-state index >= 15 is 0 Å². The number of ether oxygens (including phenoxy) is 1. The topological polar surface area (TPSA) is 66.8 Å². The molecule has 22 heavy (non-hydrogen) atoms. The van der Waals surface area contributed by atoms with E-state index in [-0.39, 0.29) is 11.7 Å². The van der Waals surface area contributed by atoms with Crippen LogP contribution in [-0.2, 0) is 9.59 Å². The van der Waals surface area contributed by atoms with E-state index in [1.54, 1.807) is 26.0 Å². The maximum absolute atomic E-state index is 13.6. The standard InChI is InChI=1S/C16H20FNO4/c1-10-12(16(20)21)6-5-9-18(10)15(19)11(2)22-14-8-4-3-7-13(14)17/h3-4,7-8,10-12H,5-6,9H2,1-2H3,(H,20,21)/t10-,11?,12-/m0/s1. The van der Waals surface area contributed by atoms with Crippen molar-refractivity contribution in [2.45, 2.75) is 38.8 Å². The van der Waals surface area contributed by atoms with Crippen LogP contribution in [0.1, 0.15) is 26.7 Å². The first-order valence-electron chi connectivity index (χ1n) is 7.36. The van der Waals surface area contributed by atoms with Crippen LogP contribution in [0.3, 0.4) is 0 Å². The molecule has 2 rings (SSSR count). The lowest BCUT2D eigenvalue weighted by Crippen LogP contribution is -2.52. The minimum Gasteiger partial charge on any atom is -0.481 e. The second kappa shape index (κ2) is 6.77. The van der Waals surface area contributed by atoms with Crippen LogP contribution in [0, 0.1) is 11.7 Å². The average Bonchev–Trinajstić information content (AvgIpc) is 2.48. The van der Waals surface area contributed by atoms with E-state index in [0.717, 1.165) is 0 Å². The van der Waals surface area contributed by atoms with E-state index in [0.29, 0.717) is 19.4 Å². The summed E-state index contributed by atoms with van der Waals surface area (Å²) in [5.74, 6) is -2.30. The van der Waals surface area contributed by atoms with Crippen LogP contribution >= 0.6 is 0 Å². The van der Waals surface area contributed by atoms with E-state index < -0.39 is 29.9 Å². The fraction of sp³-hybridized carbons (Fsp3) is 0.500. The number of carbonyl (C=O) groups is 2. The Bertz CT molecular complexity index is 563. The number of likely N-dealkylation sites (tertiary alicyclic amines) is 1. The molecule has 0 bridgehead atoms. The molecule has 1 aromatic rings. The van der Waals surface area contributed by atoms with Crippen molar-refractivity contribution in [3.63, 3.8) is 0 Å². The summed E-state index contributed by atoms with van der Waals surface area (Å²) < 4.78 is 19.0. The fourth-order valence-corrected chi connectivity index (χ4v) is 2.80. The highest BCUT2D eigenvalue weighted by Gasteiger charge is 2.37. The molecule has 1 amide bonds. The van der Waals surface area contributed by atoms with Gasteiger partial charge in [-0.1, -0.05) is 12.1 Å². The Kier molecular flexibility index (Phi) is 5.00. The summed E-state index contributed by atoms with van der Waals surface area (Å²) in [7, 11) is 0. The quantitative estimate of drug-likeness (QED) is 0.927. The van der Waals surface area contributed by atoms with Crippen molar-refractivity contribution in [3.8, 4) is 5.75 Å². The monoisotopic (exact) mass is 309 g/mol. The molecule has 0 saturated carbocycles. The number of benzene rings is 1. The maximum Gasteiger partial charge on any atom is 0.308 e. The van der Waals surface area contributed by atoms with Crippen molar-refractivity contribution in [2.24, 2.45) is 5.92 Å². The molecule has 1 saturated heterocycles. The Morgan fingerprint density at radius 3 is 2.73 bits per heavy atom. The second-order valence-electron chi connectivity index (χ2n) is 5.55. The molecule has 1 aromatic carbocycles. The number of hydrogen-bond acceptors (Lipinski definition) is 3. The normalized spacial score (nSPS) is 23.0. The van der Waals surface area contributed by atoms with Crippen LogP contribution in [0.4, 0.5) is 4.39 Å². The molecule has 0 radical (unpaired) electrons. The zero-order valence-corrected chi connectivity index (χ0v) is 12.7. The lowest BCUT2D eigenvalue weighted by molar-refractivity contribution is -0.151. The number of halogens is 1. The van der Waals surface area contributed by atoms with Crippen LogP contribution in [0.25, 0.3) is 0 Å². The lowest BCUT2D eigenvalue weighted by atomic mass is 9.90. The molecule has 5 nitrogen and oxygen atoms in total. The Morgan fingerprint density at radius 2 is 2.09 bits per heavy atom. The van der Waals surface area contributed by atoms with E-state index in [9.17, 15) is 19.1 Å². The van der Waals surface area contributed by atoms with Crippen molar-refractivity contribution in [2.75, 3.05) is 6.54 Å².